The van der Waals surface area contributed by atoms with Crippen molar-refractivity contribution in [1.82, 2.24) is 4.98 Å². The number of thiazole rings is 1. The summed E-state index contributed by atoms with van der Waals surface area (Å²) in [6.07, 6.45) is 0. The van der Waals surface area contributed by atoms with Gasteiger partial charge in [0.05, 0.1) is 40.9 Å². The van der Waals surface area contributed by atoms with Crippen molar-refractivity contribution in [3.8, 4) is 11.5 Å². The number of nitrogens with zero attached hydrogens (tertiary/aromatic N) is 2. The Bertz CT molecular complexity index is 1770. The van der Waals surface area contributed by atoms with E-state index >= 15 is 0 Å². The van der Waals surface area contributed by atoms with Crippen molar-refractivity contribution >= 4 is 43.6 Å². The van der Waals surface area contributed by atoms with Gasteiger partial charge in [-0.05, 0) is 60.4 Å². The zero-order valence-corrected chi connectivity index (χ0v) is 22.3. The Morgan fingerprint density at radius 1 is 1.05 bits per heavy atom. The first-order valence-electron chi connectivity index (χ1n) is 12.5. The standard InChI is InChI=1S/C30H26N2O5S/c1-5-36-22-13-11-18(14-23(22)35-4)26-25-27(33)19-8-6-7-9-21(19)37-28(25)29(34)32(26)30-31-20-12-10-17(16(2)3)15-24(20)38-30/h6-16,26H,5H2,1-4H3/t26-/m1/s1. The molecule has 8 heteroatoms. The Balaban J connectivity index is 1.59. The fourth-order valence-corrected chi connectivity index (χ4v) is 5.99. The van der Waals surface area contributed by atoms with E-state index < -0.39 is 11.9 Å². The van der Waals surface area contributed by atoms with Crippen molar-refractivity contribution in [2.45, 2.75) is 32.7 Å². The SMILES string of the molecule is CCOc1ccc([C@@H]2c3c(oc4ccccc4c3=O)C(=O)N2c2nc3ccc(C(C)C)cc3s2)cc1OC. The Morgan fingerprint density at radius 3 is 2.63 bits per heavy atom. The van der Waals surface area contributed by atoms with Gasteiger partial charge in [0.2, 0.25) is 5.76 Å². The molecule has 0 bridgehead atoms. The van der Waals surface area contributed by atoms with Gasteiger partial charge >= 0.3 is 0 Å². The van der Waals surface area contributed by atoms with Crippen LogP contribution >= 0.6 is 11.3 Å². The van der Waals surface area contributed by atoms with Crippen LogP contribution in [0, 0.1) is 0 Å². The molecular formula is C30H26N2O5S. The van der Waals surface area contributed by atoms with Crippen LogP contribution < -0.4 is 19.8 Å². The van der Waals surface area contributed by atoms with Gasteiger partial charge in [-0.3, -0.25) is 14.5 Å². The number of ether oxygens (including phenoxy) is 2. The quantitative estimate of drug-likeness (QED) is 0.245. The maximum atomic E-state index is 14.0. The molecule has 0 N–H and O–H groups in total. The molecule has 6 rings (SSSR count). The van der Waals surface area contributed by atoms with Crippen molar-refractivity contribution < 1.29 is 18.7 Å². The lowest BCUT2D eigenvalue weighted by Gasteiger charge is -2.23. The minimum atomic E-state index is -0.743. The first-order chi connectivity index (χ1) is 18.4. The first-order valence-corrected chi connectivity index (χ1v) is 13.3. The van der Waals surface area contributed by atoms with Crippen molar-refractivity contribution in [1.29, 1.82) is 0 Å². The summed E-state index contributed by atoms with van der Waals surface area (Å²) < 4.78 is 18.3. The fourth-order valence-electron chi connectivity index (χ4n) is 4.95. The second-order valence-electron chi connectivity index (χ2n) is 9.47. The van der Waals surface area contributed by atoms with E-state index in [4.69, 9.17) is 18.9 Å². The van der Waals surface area contributed by atoms with E-state index in [0.29, 0.717) is 51.3 Å². The van der Waals surface area contributed by atoms with Gasteiger partial charge in [-0.1, -0.05) is 49.4 Å². The van der Waals surface area contributed by atoms with E-state index in [1.807, 2.05) is 25.1 Å². The van der Waals surface area contributed by atoms with Gasteiger partial charge in [-0.25, -0.2) is 4.98 Å². The molecule has 0 unspecified atom stereocenters. The number of carbonyl (C=O) groups is 1. The normalized spacial score (nSPS) is 15.0. The van der Waals surface area contributed by atoms with Crippen LogP contribution in [0.25, 0.3) is 21.2 Å². The second kappa shape index (κ2) is 9.29. The minimum Gasteiger partial charge on any atom is -0.493 e. The number of para-hydroxylation sites is 1. The lowest BCUT2D eigenvalue weighted by Crippen LogP contribution is -2.29. The van der Waals surface area contributed by atoms with Crippen LogP contribution in [0.15, 0.2) is 69.9 Å². The number of hydrogen-bond donors (Lipinski definition) is 0. The number of hydrogen-bond acceptors (Lipinski definition) is 7. The number of fused-ring (bicyclic) bond motifs is 3. The van der Waals surface area contributed by atoms with Crippen LogP contribution in [0.1, 0.15) is 60.0 Å². The number of aromatic nitrogens is 1. The summed E-state index contributed by atoms with van der Waals surface area (Å²) in [4.78, 5) is 34.2. The zero-order valence-electron chi connectivity index (χ0n) is 21.5. The third kappa shape index (κ3) is 3.75. The molecule has 0 radical (unpaired) electrons. The Labute approximate surface area is 223 Å². The zero-order chi connectivity index (χ0) is 26.6. The molecule has 7 nitrogen and oxygen atoms in total. The summed E-state index contributed by atoms with van der Waals surface area (Å²) >= 11 is 1.42. The summed E-state index contributed by atoms with van der Waals surface area (Å²) in [5, 5.41) is 0.924. The van der Waals surface area contributed by atoms with E-state index in [1.165, 1.54) is 16.9 Å². The topological polar surface area (TPSA) is 81.9 Å². The Morgan fingerprint density at radius 2 is 1.87 bits per heavy atom. The number of anilines is 1. The average Bonchev–Trinajstić information content (AvgIpc) is 3.47. The van der Waals surface area contributed by atoms with Gasteiger partial charge in [0, 0.05) is 0 Å². The molecule has 192 valence electrons. The summed E-state index contributed by atoms with van der Waals surface area (Å²) in [6, 6.07) is 17.9. The molecule has 0 aliphatic carbocycles. The number of carbonyl (C=O) groups excluding carboxylic acids is 1. The number of rotatable bonds is 6. The van der Waals surface area contributed by atoms with Gasteiger partial charge in [-0.15, -0.1) is 0 Å². The molecule has 1 atom stereocenters. The van der Waals surface area contributed by atoms with Gasteiger partial charge in [0.1, 0.15) is 5.58 Å². The van der Waals surface area contributed by atoms with Crippen LogP contribution in [0.4, 0.5) is 5.13 Å². The van der Waals surface area contributed by atoms with E-state index in [2.05, 4.69) is 26.0 Å². The molecular weight excluding hydrogens is 500 g/mol. The third-order valence-corrected chi connectivity index (χ3v) is 7.87. The number of amides is 1. The molecule has 1 aliphatic rings. The minimum absolute atomic E-state index is 0.0358. The highest BCUT2D eigenvalue weighted by molar-refractivity contribution is 7.22. The van der Waals surface area contributed by atoms with E-state index in [1.54, 1.807) is 42.3 Å². The van der Waals surface area contributed by atoms with Crippen LogP contribution in [-0.4, -0.2) is 24.6 Å². The van der Waals surface area contributed by atoms with E-state index in [-0.39, 0.29) is 11.2 Å². The summed E-state index contributed by atoms with van der Waals surface area (Å²) in [5.41, 5.74) is 3.12. The van der Waals surface area contributed by atoms with Crippen molar-refractivity contribution in [3.05, 3.63) is 93.3 Å². The summed E-state index contributed by atoms with van der Waals surface area (Å²) in [5.74, 6) is 1.10. The molecule has 0 spiro atoms. The Hall–Kier alpha value is -4.17. The smallest absolute Gasteiger partial charge is 0.297 e. The largest absolute Gasteiger partial charge is 0.493 e. The third-order valence-electron chi connectivity index (χ3n) is 6.85. The highest BCUT2D eigenvalue weighted by Gasteiger charge is 2.45. The van der Waals surface area contributed by atoms with Crippen LogP contribution in [0.2, 0.25) is 0 Å². The lowest BCUT2D eigenvalue weighted by molar-refractivity contribution is 0.0971. The number of benzene rings is 3. The van der Waals surface area contributed by atoms with Crippen LogP contribution in [-0.2, 0) is 0 Å². The van der Waals surface area contributed by atoms with Crippen LogP contribution in [0.3, 0.4) is 0 Å². The van der Waals surface area contributed by atoms with Gasteiger partial charge in [0.25, 0.3) is 5.91 Å². The van der Waals surface area contributed by atoms with Crippen molar-refractivity contribution in [3.63, 3.8) is 0 Å². The maximum absolute atomic E-state index is 14.0. The molecule has 38 heavy (non-hydrogen) atoms. The molecule has 2 aromatic heterocycles. The summed E-state index contributed by atoms with van der Waals surface area (Å²) in [6.45, 7) is 6.66. The van der Waals surface area contributed by atoms with E-state index in [0.717, 1.165) is 10.2 Å². The highest BCUT2D eigenvalue weighted by Crippen LogP contribution is 2.45. The molecule has 0 saturated heterocycles. The molecule has 3 aromatic carbocycles. The van der Waals surface area contributed by atoms with Crippen molar-refractivity contribution in [2.75, 3.05) is 18.6 Å². The molecule has 3 heterocycles. The monoisotopic (exact) mass is 526 g/mol. The molecule has 0 fully saturated rings. The average molecular weight is 527 g/mol. The maximum Gasteiger partial charge on any atom is 0.297 e. The molecule has 1 amide bonds. The predicted molar refractivity (Wildman–Crippen MR) is 149 cm³/mol. The molecule has 5 aromatic rings. The molecule has 0 saturated carbocycles. The van der Waals surface area contributed by atoms with E-state index in [9.17, 15) is 9.59 Å². The van der Waals surface area contributed by atoms with Gasteiger partial charge < -0.3 is 13.9 Å². The Kier molecular flexibility index (Phi) is 5.91. The first kappa shape index (κ1) is 24.2. The number of methoxy groups -OCH3 is 1. The lowest BCUT2D eigenvalue weighted by atomic mass is 9.98. The molecule has 1 aliphatic heterocycles. The second-order valence-corrected chi connectivity index (χ2v) is 10.5. The predicted octanol–water partition coefficient (Wildman–Crippen LogP) is 6.68. The van der Waals surface area contributed by atoms with Gasteiger partial charge in [0.15, 0.2) is 22.1 Å². The van der Waals surface area contributed by atoms with Crippen LogP contribution in [0.5, 0.6) is 11.5 Å². The highest BCUT2D eigenvalue weighted by atomic mass is 32.1. The van der Waals surface area contributed by atoms with Gasteiger partial charge in [-0.2, -0.15) is 0 Å². The van der Waals surface area contributed by atoms with Crippen molar-refractivity contribution in [2.24, 2.45) is 0 Å². The fraction of sp³-hybridized carbons (Fsp3) is 0.233. The summed E-state index contributed by atoms with van der Waals surface area (Å²) in [7, 11) is 1.56.